The van der Waals surface area contributed by atoms with Crippen molar-refractivity contribution in [3.8, 4) is 11.8 Å². The number of nitriles is 1. The minimum atomic E-state index is -0.260. The van der Waals surface area contributed by atoms with Crippen LogP contribution < -0.4 is 9.64 Å². The number of aryl methyl sites for hydroxylation is 2. The van der Waals surface area contributed by atoms with Crippen LogP contribution in [0.4, 0.5) is 5.69 Å². The highest BCUT2D eigenvalue weighted by Crippen LogP contribution is 2.31. The van der Waals surface area contributed by atoms with Crippen molar-refractivity contribution in [1.82, 2.24) is 4.98 Å². The zero-order chi connectivity index (χ0) is 19.7. The summed E-state index contributed by atoms with van der Waals surface area (Å²) in [5.41, 5.74) is 5.90. The number of benzene rings is 2. The lowest BCUT2D eigenvalue weighted by Gasteiger charge is -2.21. The van der Waals surface area contributed by atoms with Crippen molar-refractivity contribution in [1.29, 1.82) is 5.26 Å². The number of ether oxygens (including phenoxy) is 1. The SMILES string of the molecule is Cc1cc(N2CCC(O)C2)c2cc(C)c(COc3ccc(C#N)cc3)cc2n1. The first-order valence-electron chi connectivity index (χ1n) is 9.50. The zero-order valence-electron chi connectivity index (χ0n) is 16.1. The monoisotopic (exact) mass is 373 g/mol. The molecule has 0 saturated carbocycles. The average Bonchev–Trinajstić information content (AvgIpc) is 3.13. The molecule has 142 valence electrons. The number of aliphatic hydroxyl groups is 1. The normalized spacial score (nSPS) is 16.4. The maximum Gasteiger partial charge on any atom is 0.119 e. The van der Waals surface area contributed by atoms with Crippen LogP contribution in [0.25, 0.3) is 10.9 Å². The molecule has 1 saturated heterocycles. The average molecular weight is 373 g/mol. The molecule has 2 aromatic carbocycles. The highest BCUT2D eigenvalue weighted by atomic mass is 16.5. The lowest BCUT2D eigenvalue weighted by molar-refractivity contribution is 0.198. The van der Waals surface area contributed by atoms with Gasteiger partial charge in [-0.1, -0.05) is 0 Å². The van der Waals surface area contributed by atoms with E-state index in [4.69, 9.17) is 15.0 Å². The number of fused-ring (bicyclic) bond motifs is 1. The van der Waals surface area contributed by atoms with E-state index < -0.39 is 0 Å². The zero-order valence-corrected chi connectivity index (χ0v) is 16.1. The van der Waals surface area contributed by atoms with Crippen LogP contribution in [0.2, 0.25) is 0 Å². The molecule has 1 aromatic heterocycles. The van der Waals surface area contributed by atoms with E-state index in [9.17, 15) is 5.11 Å². The molecule has 1 aliphatic rings. The summed E-state index contributed by atoms with van der Waals surface area (Å²) in [5.74, 6) is 0.738. The summed E-state index contributed by atoms with van der Waals surface area (Å²) in [6.45, 7) is 6.06. The number of hydrogen-bond acceptors (Lipinski definition) is 5. The Hall–Kier alpha value is -3.10. The second-order valence-corrected chi connectivity index (χ2v) is 7.39. The van der Waals surface area contributed by atoms with E-state index in [0.717, 1.165) is 52.1 Å². The van der Waals surface area contributed by atoms with Gasteiger partial charge in [0.2, 0.25) is 0 Å². The quantitative estimate of drug-likeness (QED) is 0.752. The van der Waals surface area contributed by atoms with E-state index in [1.54, 1.807) is 12.1 Å². The minimum Gasteiger partial charge on any atom is -0.489 e. The van der Waals surface area contributed by atoms with Gasteiger partial charge in [0.05, 0.1) is 23.3 Å². The summed E-state index contributed by atoms with van der Waals surface area (Å²) in [4.78, 5) is 6.97. The molecule has 0 aliphatic carbocycles. The molecule has 1 unspecified atom stereocenters. The Labute approximate surface area is 164 Å². The van der Waals surface area contributed by atoms with Crippen LogP contribution in [0.5, 0.6) is 5.75 Å². The van der Waals surface area contributed by atoms with Gasteiger partial charge in [0.15, 0.2) is 0 Å². The second-order valence-electron chi connectivity index (χ2n) is 7.39. The van der Waals surface area contributed by atoms with Crippen LogP contribution in [-0.4, -0.2) is 29.3 Å². The number of nitrogens with zero attached hydrogens (tertiary/aromatic N) is 3. The molecule has 0 spiro atoms. The minimum absolute atomic E-state index is 0.260. The number of anilines is 1. The molecule has 1 fully saturated rings. The highest BCUT2D eigenvalue weighted by Gasteiger charge is 2.22. The predicted molar refractivity (Wildman–Crippen MR) is 110 cm³/mol. The van der Waals surface area contributed by atoms with Crippen LogP contribution >= 0.6 is 0 Å². The fraction of sp³-hybridized carbons (Fsp3) is 0.304. The third-order valence-corrected chi connectivity index (χ3v) is 5.25. The first-order valence-corrected chi connectivity index (χ1v) is 9.50. The topological polar surface area (TPSA) is 69.4 Å². The van der Waals surface area contributed by atoms with Crippen molar-refractivity contribution in [2.24, 2.45) is 0 Å². The molecule has 1 atom stereocenters. The fourth-order valence-corrected chi connectivity index (χ4v) is 3.70. The molecule has 3 aromatic rings. The molecular formula is C23H23N3O2. The molecule has 4 rings (SSSR count). The number of aromatic nitrogens is 1. The maximum absolute atomic E-state index is 9.92. The second kappa shape index (κ2) is 7.49. The van der Waals surface area contributed by atoms with Crippen molar-refractivity contribution in [2.75, 3.05) is 18.0 Å². The van der Waals surface area contributed by atoms with Crippen LogP contribution in [-0.2, 0) is 6.61 Å². The first kappa shape index (κ1) is 18.3. The van der Waals surface area contributed by atoms with Crippen LogP contribution in [0.3, 0.4) is 0 Å². The summed E-state index contributed by atoms with van der Waals surface area (Å²) in [7, 11) is 0. The fourth-order valence-electron chi connectivity index (χ4n) is 3.70. The van der Waals surface area contributed by atoms with Crippen molar-refractivity contribution >= 4 is 16.6 Å². The Morgan fingerprint density at radius 3 is 2.68 bits per heavy atom. The summed E-state index contributed by atoms with van der Waals surface area (Å²) < 4.78 is 5.91. The van der Waals surface area contributed by atoms with Gasteiger partial charge in [0.1, 0.15) is 12.4 Å². The number of hydrogen-bond donors (Lipinski definition) is 1. The molecule has 0 radical (unpaired) electrons. The summed E-state index contributed by atoms with van der Waals surface area (Å²) >= 11 is 0. The lowest BCUT2D eigenvalue weighted by Crippen LogP contribution is -2.21. The van der Waals surface area contributed by atoms with E-state index in [-0.39, 0.29) is 6.10 Å². The lowest BCUT2D eigenvalue weighted by atomic mass is 10.0. The van der Waals surface area contributed by atoms with Gasteiger partial charge in [-0.2, -0.15) is 5.26 Å². The summed E-state index contributed by atoms with van der Waals surface area (Å²) in [6, 6.07) is 15.6. The Bertz CT molecular complexity index is 1050. The molecule has 1 N–H and O–H groups in total. The van der Waals surface area contributed by atoms with Gasteiger partial charge in [0.25, 0.3) is 0 Å². The number of aliphatic hydroxyl groups excluding tert-OH is 1. The Kier molecular flexibility index (Phi) is 4.89. The van der Waals surface area contributed by atoms with Gasteiger partial charge in [-0.05, 0) is 73.9 Å². The van der Waals surface area contributed by atoms with Gasteiger partial charge in [-0.15, -0.1) is 0 Å². The van der Waals surface area contributed by atoms with Crippen molar-refractivity contribution < 1.29 is 9.84 Å². The Balaban J connectivity index is 1.63. The van der Waals surface area contributed by atoms with Gasteiger partial charge in [0, 0.05) is 29.9 Å². The third-order valence-electron chi connectivity index (χ3n) is 5.25. The van der Waals surface area contributed by atoms with Gasteiger partial charge >= 0.3 is 0 Å². The van der Waals surface area contributed by atoms with E-state index in [0.29, 0.717) is 18.7 Å². The maximum atomic E-state index is 9.92. The largest absolute Gasteiger partial charge is 0.489 e. The molecule has 1 aliphatic heterocycles. The van der Waals surface area contributed by atoms with Crippen molar-refractivity contribution in [2.45, 2.75) is 33.0 Å². The van der Waals surface area contributed by atoms with Crippen LogP contribution in [0, 0.1) is 25.2 Å². The molecule has 5 nitrogen and oxygen atoms in total. The molecule has 28 heavy (non-hydrogen) atoms. The summed E-state index contributed by atoms with van der Waals surface area (Å²) in [5, 5.41) is 19.9. The number of rotatable bonds is 4. The smallest absolute Gasteiger partial charge is 0.119 e. The van der Waals surface area contributed by atoms with Crippen molar-refractivity contribution in [3.05, 3.63) is 64.8 Å². The standard InChI is InChI=1S/C23H23N3O2/c1-15-9-21-22(25-16(2)10-23(21)26-8-7-19(27)13-26)11-18(15)14-28-20-5-3-17(12-24)4-6-20/h3-6,9-11,19,27H,7-8,13-14H2,1-2H3. The van der Waals surface area contributed by atoms with E-state index >= 15 is 0 Å². The predicted octanol–water partition coefficient (Wildman–Crippen LogP) is 3.87. The van der Waals surface area contributed by atoms with Crippen LogP contribution in [0.15, 0.2) is 42.5 Å². The van der Waals surface area contributed by atoms with Crippen molar-refractivity contribution in [3.63, 3.8) is 0 Å². The Morgan fingerprint density at radius 2 is 2.00 bits per heavy atom. The number of β-amino-alcohol motifs (C(OH)–C–C–N with tert-alkyl or cyclic N) is 1. The van der Waals surface area contributed by atoms with Gasteiger partial charge in [-0.25, -0.2) is 0 Å². The first-order chi connectivity index (χ1) is 13.5. The van der Waals surface area contributed by atoms with E-state index in [1.165, 1.54) is 0 Å². The molecule has 5 heteroatoms. The molecule has 0 amide bonds. The summed E-state index contributed by atoms with van der Waals surface area (Å²) in [6.07, 6.45) is 0.544. The Morgan fingerprint density at radius 1 is 1.21 bits per heavy atom. The van der Waals surface area contributed by atoms with E-state index in [1.807, 2.05) is 19.1 Å². The molecular weight excluding hydrogens is 350 g/mol. The molecule has 2 heterocycles. The third kappa shape index (κ3) is 3.64. The van der Waals surface area contributed by atoms with Gasteiger partial charge in [-0.3, -0.25) is 4.98 Å². The highest BCUT2D eigenvalue weighted by molar-refractivity contribution is 5.93. The molecule has 0 bridgehead atoms. The number of pyridine rings is 1. The van der Waals surface area contributed by atoms with Crippen LogP contribution in [0.1, 0.15) is 28.8 Å². The van der Waals surface area contributed by atoms with Gasteiger partial charge < -0.3 is 14.7 Å². The van der Waals surface area contributed by atoms with E-state index in [2.05, 4.69) is 36.1 Å².